The van der Waals surface area contributed by atoms with Crippen LogP contribution in [0.1, 0.15) is 6.92 Å². The molecule has 2 aromatic carbocycles. The van der Waals surface area contributed by atoms with Crippen LogP contribution in [0.25, 0.3) is 0 Å². The fourth-order valence-corrected chi connectivity index (χ4v) is 3.83. The van der Waals surface area contributed by atoms with Crippen LogP contribution in [0.15, 0.2) is 48.5 Å². The summed E-state index contributed by atoms with van der Waals surface area (Å²) in [5.74, 6) is 0.678. The van der Waals surface area contributed by atoms with Crippen LogP contribution in [0.4, 0.5) is 5.69 Å². The van der Waals surface area contributed by atoms with E-state index in [1.807, 2.05) is 36.4 Å². The molecule has 2 heterocycles. The summed E-state index contributed by atoms with van der Waals surface area (Å²) in [4.78, 5) is 29.4. The van der Waals surface area contributed by atoms with Crippen molar-refractivity contribution in [2.45, 2.75) is 19.1 Å². The first-order valence-corrected chi connectivity index (χ1v) is 10.4. The van der Waals surface area contributed by atoms with Crippen LogP contribution < -0.4 is 19.7 Å². The third kappa shape index (κ3) is 4.46. The molecule has 0 spiro atoms. The molecule has 1 fully saturated rings. The monoisotopic (exact) mass is 429 g/mol. The molecule has 4 rings (SSSR count). The normalized spacial score (nSPS) is 19.2. The molecule has 0 bridgehead atoms. The van der Waals surface area contributed by atoms with E-state index in [4.69, 9.17) is 21.1 Å². The lowest BCUT2D eigenvalue weighted by Crippen LogP contribution is -2.56. The van der Waals surface area contributed by atoms with Gasteiger partial charge < -0.3 is 24.6 Å². The highest BCUT2D eigenvalue weighted by molar-refractivity contribution is 6.30. The van der Waals surface area contributed by atoms with Gasteiger partial charge in [0.15, 0.2) is 11.5 Å². The molecule has 2 amide bonds. The Morgan fingerprint density at radius 1 is 1.07 bits per heavy atom. The standard InChI is InChI=1S/C22H24ClN3O4/c1-15(24-21(27)20-14-29-18-7-2-3-8-19(18)30-20)22(28)26-11-9-25(10-12-26)17-6-4-5-16(23)13-17/h2-8,13,15,20H,9-12,14H2,1H3,(H,24,27)/t15-,20-/m0/s1. The summed E-state index contributed by atoms with van der Waals surface area (Å²) in [6, 6.07) is 14.3. The number of para-hydroxylation sites is 2. The van der Waals surface area contributed by atoms with Crippen molar-refractivity contribution in [2.24, 2.45) is 0 Å². The number of rotatable bonds is 4. The van der Waals surface area contributed by atoms with Crippen LogP contribution in [0.5, 0.6) is 11.5 Å². The Morgan fingerprint density at radius 3 is 2.53 bits per heavy atom. The molecule has 0 saturated carbocycles. The van der Waals surface area contributed by atoms with Crippen molar-refractivity contribution in [2.75, 3.05) is 37.7 Å². The Balaban J connectivity index is 1.28. The van der Waals surface area contributed by atoms with Crippen molar-refractivity contribution in [3.8, 4) is 11.5 Å². The topological polar surface area (TPSA) is 71.1 Å². The number of halogens is 1. The third-order valence-electron chi connectivity index (χ3n) is 5.29. The first kappa shape index (κ1) is 20.3. The fraction of sp³-hybridized carbons (Fsp3) is 0.364. The Hall–Kier alpha value is -2.93. The Bertz CT molecular complexity index is 930. The predicted octanol–water partition coefficient (Wildman–Crippen LogP) is 2.33. The summed E-state index contributed by atoms with van der Waals surface area (Å²) in [5, 5.41) is 3.46. The second-order valence-electron chi connectivity index (χ2n) is 7.39. The average Bonchev–Trinajstić information content (AvgIpc) is 2.78. The largest absolute Gasteiger partial charge is 0.485 e. The van der Waals surface area contributed by atoms with Gasteiger partial charge in [-0.25, -0.2) is 0 Å². The lowest BCUT2D eigenvalue weighted by atomic mass is 10.2. The number of anilines is 1. The number of hydrogen-bond donors (Lipinski definition) is 1. The predicted molar refractivity (Wildman–Crippen MR) is 114 cm³/mol. The molecule has 1 N–H and O–H groups in total. The molecule has 2 atom stereocenters. The summed E-state index contributed by atoms with van der Waals surface area (Å²) in [6.45, 7) is 4.40. The average molecular weight is 430 g/mol. The van der Waals surface area contributed by atoms with Crippen molar-refractivity contribution >= 4 is 29.1 Å². The number of nitrogens with zero attached hydrogens (tertiary/aromatic N) is 2. The van der Waals surface area contributed by atoms with E-state index in [9.17, 15) is 9.59 Å². The minimum absolute atomic E-state index is 0.105. The van der Waals surface area contributed by atoms with Crippen LogP contribution in [0, 0.1) is 0 Å². The summed E-state index contributed by atoms with van der Waals surface area (Å²) in [7, 11) is 0. The van der Waals surface area contributed by atoms with Gasteiger partial charge >= 0.3 is 0 Å². The molecule has 0 unspecified atom stereocenters. The number of amides is 2. The second-order valence-corrected chi connectivity index (χ2v) is 7.82. The molecule has 7 nitrogen and oxygen atoms in total. The minimum atomic E-state index is -0.783. The SMILES string of the molecule is C[C@H](NC(=O)[C@@H]1COc2ccccc2O1)C(=O)N1CCN(c2cccc(Cl)c2)CC1. The van der Waals surface area contributed by atoms with Gasteiger partial charge in [0.2, 0.25) is 12.0 Å². The maximum Gasteiger partial charge on any atom is 0.265 e. The Morgan fingerprint density at radius 2 is 1.80 bits per heavy atom. The molecule has 1 saturated heterocycles. The van der Waals surface area contributed by atoms with Gasteiger partial charge in [0.25, 0.3) is 5.91 Å². The maximum atomic E-state index is 12.8. The van der Waals surface area contributed by atoms with Gasteiger partial charge in [0.05, 0.1) is 0 Å². The number of ether oxygens (including phenoxy) is 2. The van der Waals surface area contributed by atoms with Crippen molar-refractivity contribution in [1.29, 1.82) is 0 Å². The lowest BCUT2D eigenvalue weighted by Gasteiger charge is -2.37. The van der Waals surface area contributed by atoms with Gasteiger partial charge in [-0.1, -0.05) is 29.8 Å². The smallest absolute Gasteiger partial charge is 0.265 e. The first-order chi connectivity index (χ1) is 14.5. The maximum absolute atomic E-state index is 12.8. The number of carbonyl (C=O) groups excluding carboxylic acids is 2. The van der Waals surface area contributed by atoms with Crippen LogP contribution in [0.3, 0.4) is 0 Å². The first-order valence-electron chi connectivity index (χ1n) is 9.99. The van der Waals surface area contributed by atoms with E-state index in [0.717, 1.165) is 5.69 Å². The van der Waals surface area contributed by atoms with Crippen molar-refractivity contribution in [1.82, 2.24) is 10.2 Å². The van der Waals surface area contributed by atoms with E-state index < -0.39 is 12.1 Å². The second kappa shape index (κ2) is 8.83. The van der Waals surface area contributed by atoms with Crippen LogP contribution in [-0.4, -0.2) is 61.6 Å². The minimum Gasteiger partial charge on any atom is -0.485 e. The molecule has 0 aromatic heterocycles. The summed E-state index contributed by atoms with van der Waals surface area (Å²) >= 11 is 6.07. The van der Waals surface area contributed by atoms with Crippen LogP contribution in [0.2, 0.25) is 5.02 Å². The molecule has 158 valence electrons. The van der Waals surface area contributed by atoms with E-state index in [1.165, 1.54) is 0 Å². The van der Waals surface area contributed by atoms with Crippen molar-refractivity contribution in [3.05, 3.63) is 53.6 Å². The molecular formula is C22H24ClN3O4. The Kier molecular flexibility index (Phi) is 5.99. The van der Waals surface area contributed by atoms with Gasteiger partial charge in [-0.15, -0.1) is 0 Å². The van der Waals surface area contributed by atoms with Crippen LogP contribution in [-0.2, 0) is 9.59 Å². The fourth-order valence-electron chi connectivity index (χ4n) is 3.65. The zero-order chi connectivity index (χ0) is 21.1. The quantitative estimate of drug-likeness (QED) is 0.807. The van der Waals surface area contributed by atoms with Gasteiger partial charge in [-0.05, 0) is 37.3 Å². The number of nitrogens with one attached hydrogen (secondary N) is 1. The molecule has 2 aromatic rings. The molecule has 30 heavy (non-hydrogen) atoms. The molecule has 8 heteroatoms. The molecule has 0 aliphatic carbocycles. The highest BCUT2D eigenvalue weighted by Gasteiger charge is 2.31. The Labute approximate surface area is 180 Å². The summed E-state index contributed by atoms with van der Waals surface area (Å²) in [5.41, 5.74) is 1.05. The number of carbonyl (C=O) groups is 2. The summed E-state index contributed by atoms with van der Waals surface area (Å²) < 4.78 is 11.3. The highest BCUT2D eigenvalue weighted by atomic mass is 35.5. The van der Waals surface area contributed by atoms with Crippen molar-refractivity contribution < 1.29 is 19.1 Å². The molecule has 2 aliphatic heterocycles. The summed E-state index contributed by atoms with van der Waals surface area (Å²) in [6.07, 6.45) is -0.783. The van der Waals surface area contributed by atoms with Crippen LogP contribution >= 0.6 is 11.6 Å². The number of piperazine rings is 1. The van der Waals surface area contributed by atoms with Gasteiger partial charge in [0, 0.05) is 36.9 Å². The zero-order valence-corrected chi connectivity index (χ0v) is 17.5. The molecule has 0 radical (unpaired) electrons. The van der Waals surface area contributed by atoms with Crippen molar-refractivity contribution in [3.63, 3.8) is 0 Å². The van der Waals surface area contributed by atoms with E-state index in [1.54, 1.807) is 24.0 Å². The number of fused-ring (bicyclic) bond motifs is 1. The highest BCUT2D eigenvalue weighted by Crippen LogP contribution is 2.30. The van der Waals surface area contributed by atoms with E-state index in [0.29, 0.717) is 42.7 Å². The van der Waals surface area contributed by atoms with E-state index in [-0.39, 0.29) is 18.4 Å². The number of hydrogen-bond acceptors (Lipinski definition) is 5. The molecule has 2 aliphatic rings. The van der Waals surface area contributed by atoms with E-state index in [2.05, 4.69) is 10.2 Å². The molecular weight excluding hydrogens is 406 g/mol. The lowest BCUT2D eigenvalue weighted by molar-refractivity contribution is -0.139. The van der Waals surface area contributed by atoms with Gasteiger partial charge in [-0.3, -0.25) is 9.59 Å². The number of benzene rings is 2. The van der Waals surface area contributed by atoms with Gasteiger partial charge in [-0.2, -0.15) is 0 Å². The zero-order valence-electron chi connectivity index (χ0n) is 16.7. The van der Waals surface area contributed by atoms with Gasteiger partial charge in [0.1, 0.15) is 12.6 Å². The third-order valence-corrected chi connectivity index (χ3v) is 5.53. The van der Waals surface area contributed by atoms with E-state index >= 15 is 0 Å².